The van der Waals surface area contributed by atoms with E-state index in [0.29, 0.717) is 17.5 Å². The summed E-state index contributed by atoms with van der Waals surface area (Å²) in [6, 6.07) is 25.4. The number of nitro groups is 1. The molecular formula is C25H24N4O3S. The van der Waals surface area contributed by atoms with E-state index in [2.05, 4.69) is 10.2 Å². The number of aromatic nitrogens is 3. The Labute approximate surface area is 196 Å². The van der Waals surface area contributed by atoms with E-state index in [0.717, 1.165) is 28.2 Å². The van der Waals surface area contributed by atoms with Gasteiger partial charge in [-0.1, -0.05) is 66.4 Å². The second-order valence-electron chi connectivity index (χ2n) is 7.67. The van der Waals surface area contributed by atoms with Gasteiger partial charge < -0.3 is 4.74 Å². The normalized spacial score (nSPS) is 11.8. The molecule has 0 fully saturated rings. The Hall–Kier alpha value is -3.65. The lowest BCUT2D eigenvalue weighted by Crippen LogP contribution is -2.11. The Morgan fingerprint density at radius 3 is 2.45 bits per heavy atom. The molecule has 0 aliphatic rings. The van der Waals surface area contributed by atoms with E-state index in [9.17, 15) is 10.1 Å². The van der Waals surface area contributed by atoms with Gasteiger partial charge in [0.25, 0.3) is 0 Å². The third-order valence-corrected chi connectivity index (χ3v) is 6.30. The van der Waals surface area contributed by atoms with Gasteiger partial charge in [0.05, 0.1) is 0 Å². The fourth-order valence-corrected chi connectivity index (χ4v) is 4.65. The highest BCUT2D eigenvalue weighted by Crippen LogP contribution is 2.36. The molecule has 0 bridgehead atoms. The number of aryl methyl sites for hydroxylation is 2. The second-order valence-corrected chi connectivity index (χ2v) is 8.84. The molecular weight excluding hydrogens is 436 g/mol. The number of hydrogen-bond acceptors (Lipinski definition) is 6. The molecule has 0 radical (unpaired) electrons. The van der Waals surface area contributed by atoms with Crippen LogP contribution in [0.5, 0.6) is 5.75 Å². The molecule has 0 saturated heterocycles. The number of hydrogen-bond donors (Lipinski definition) is 0. The third kappa shape index (κ3) is 5.78. The molecule has 4 aromatic rings. The summed E-state index contributed by atoms with van der Waals surface area (Å²) in [7, 11) is 0. The molecule has 168 valence electrons. The molecule has 0 spiro atoms. The van der Waals surface area contributed by atoms with Gasteiger partial charge >= 0.3 is 0 Å². The summed E-state index contributed by atoms with van der Waals surface area (Å²) in [5, 5.41) is 20.1. The summed E-state index contributed by atoms with van der Waals surface area (Å²) in [5.74, 6) is 1.44. The Bertz CT molecular complexity index is 1230. The first-order valence-electron chi connectivity index (χ1n) is 10.5. The summed E-state index contributed by atoms with van der Waals surface area (Å²) in [6.45, 7) is 4.13. The highest BCUT2D eigenvalue weighted by molar-refractivity contribution is 7.99. The van der Waals surface area contributed by atoms with Crippen molar-refractivity contribution < 1.29 is 9.66 Å². The zero-order valence-electron chi connectivity index (χ0n) is 18.4. The summed E-state index contributed by atoms with van der Waals surface area (Å²) in [4.78, 5) is 11.1. The van der Waals surface area contributed by atoms with Crippen LogP contribution in [0.15, 0.2) is 84.0 Å². The minimum absolute atomic E-state index is 0.228. The largest absolute Gasteiger partial charge is 0.489 e. The highest BCUT2D eigenvalue weighted by Gasteiger charge is 2.24. The van der Waals surface area contributed by atoms with E-state index in [1.54, 1.807) is 0 Å². The lowest BCUT2D eigenvalue weighted by atomic mass is 10.1. The van der Waals surface area contributed by atoms with Crippen LogP contribution in [0.25, 0.3) is 5.69 Å². The Kier molecular flexibility index (Phi) is 7.04. The molecule has 0 unspecified atom stereocenters. The van der Waals surface area contributed by atoms with Crippen LogP contribution in [-0.4, -0.2) is 26.2 Å². The zero-order chi connectivity index (χ0) is 23.2. The fourth-order valence-electron chi connectivity index (χ4n) is 3.48. The summed E-state index contributed by atoms with van der Waals surface area (Å²) < 4.78 is 7.78. The van der Waals surface area contributed by atoms with Crippen LogP contribution in [-0.2, 0) is 6.61 Å². The highest BCUT2D eigenvalue weighted by atomic mass is 32.2. The van der Waals surface area contributed by atoms with Crippen molar-refractivity contribution in [2.24, 2.45) is 0 Å². The van der Waals surface area contributed by atoms with Gasteiger partial charge in [-0.2, -0.15) is 0 Å². The smallest absolute Gasteiger partial charge is 0.220 e. The van der Waals surface area contributed by atoms with Crippen LogP contribution >= 0.6 is 11.8 Å². The van der Waals surface area contributed by atoms with Crippen LogP contribution in [0, 0.1) is 24.0 Å². The van der Waals surface area contributed by atoms with Crippen molar-refractivity contribution in [3.05, 3.63) is 111 Å². The monoisotopic (exact) mass is 460 g/mol. The SMILES string of the molecule is Cc1cccc(-n2c(C)nnc2S[C@H](C[N+](=O)[O-])c2ccc(OCc3ccccc3)cc2)c1. The van der Waals surface area contributed by atoms with Gasteiger partial charge in [-0.3, -0.25) is 14.7 Å². The number of rotatable bonds is 9. The van der Waals surface area contributed by atoms with Crippen LogP contribution in [0.1, 0.15) is 27.8 Å². The molecule has 0 aliphatic carbocycles. The number of nitrogens with zero attached hydrogens (tertiary/aromatic N) is 4. The maximum absolute atomic E-state index is 11.4. The molecule has 1 atom stereocenters. The van der Waals surface area contributed by atoms with Gasteiger partial charge in [-0.25, -0.2) is 0 Å². The van der Waals surface area contributed by atoms with Crippen molar-refractivity contribution in [1.29, 1.82) is 0 Å². The van der Waals surface area contributed by atoms with Crippen molar-refractivity contribution in [1.82, 2.24) is 14.8 Å². The summed E-state index contributed by atoms with van der Waals surface area (Å²) in [5.41, 5.74) is 3.96. The number of benzene rings is 3. The van der Waals surface area contributed by atoms with Gasteiger partial charge in [0.1, 0.15) is 23.4 Å². The van der Waals surface area contributed by atoms with E-state index in [1.165, 1.54) is 11.8 Å². The molecule has 33 heavy (non-hydrogen) atoms. The topological polar surface area (TPSA) is 83.1 Å². The molecule has 7 nitrogen and oxygen atoms in total. The van der Waals surface area contributed by atoms with Gasteiger partial charge in [0, 0.05) is 10.6 Å². The maximum Gasteiger partial charge on any atom is 0.220 e. The first-order chi connectivity index (χ1) is 16.0. The first kappa shape index (κ1) is 22.5. The molecule has 1 aromatic heterocycles. The van der Waals surface area contributed by atoms with Crippen molar-refractivity contribution in [3.63, 3.8) is 0 Å². The first-order valence-corrected chi connectivity index (χ1v) is 11.4. The van der Waals surface area contributed by atoms with Gasteiger partial charge in [-0.15, -0.1) is 10.2 Å². The van der Waals surface area contributed by atoms with E-state index in [-0.39, 0.29) is 11.5 Å². The maximum atomic E-state index is 11.4. The standard InChI is InChI=1S/C25H24N4O3S/c1-18-7-6-10-22(15-18)29-19(2)26-27-25(29)33-24(16-28(30)31)21-11-13-23(14-12-21)32-17-20-8-4-3-5-9-20/h3-15,24H,16-17H2,1-2H3/t24-/m1/s1. The predicted molar refractivity (Wildman–Crippen MR) is 129 cm³/mol. The molecule has 4 rings (SSSR count). The Morgan fingerprint density at radius 2 is 1.76 bits per heavy atom. The molecule has 3 aromatic carbocycles. The average Bonchev–Trinajstić information content (AvgIpc) is 3.18. The lowest BCUT2D eigenvalue weighted by Gasteiger charge is -2.15. The fraction of sp³-hybridized carbons (Fsp3) is 0.200. The van der Waals surface area contributed by atoms with E-state index in [4.69, 9.17) is 4.74 Å². The van der Waals surface area contributed by atoms with E-state index in [1.807, 2.05) is 97.3 Å². The summed E-state index contributed by atoms with van der Waals surface area (Å²) in [6.07, 6.45) is 0. The Balaban J connectivity index is 1.54. The van der Waals surface area contributed by atoms with Crippen molar-refractivity contribution >= 4 is 11.8 Å². The predicted octanol–water partition coefficient (Wildman–Crippen LogP) is 5.57. The molecule has 8 heteroatoms. The van der Waals surface area contributed by atoms with Crippen molar-refractivity contribution in [3.8, 4) is 11.4 Å². The molecule has 0 saturated carbocycles. The van der Waals surface area contributed by atoms with Crippen molar-refractivity contribution in [2.45, 2.75) is 30.9 Å². The minimum atomic E-state index is -0.421. The average molecular weight is 461 g/mol. The van der Waals surface area contributed by atoms with E-state index >= 15 is 0 Å². The minimum Gasteiger partial charge on any atom is -0.489 e. The van der Waals surface area contributed by atoms with E-state index < -0.39 is 5.25 Å². The number of ether oxygens (including phenoxy) is 1. The van der Waals surface area contributed by atoms with Gasteiger partial charge in [0.2, 0.25) is 6.54 Å². The van der Waals surface area contributed by atoms with Gasteiger partial charge in [-0.05, 0) is 54.8 Å². The molecule has 0 aliphatic heterocycles. The third-order valence-electron chi connectivity index (χ3n) is 5.12. The van der Waals surface area contributed by atoms with Gasteiger partial charge in [0.15, 0.2) is 5.16 Å². The lowest BCUT2D eigenvalue weighted by molar-refractivity contribution is -0.479. The van der Waals surface area contributed by atoms with Crippen LogP contribution < -0.4 is 4.74 Å². The quantitative estimate of drug-likeness (QED) is 0.184. The summed E-state index contributed by atoms with van der Waals surface area (Å²) >= 11 is 1.34. The Morgan fingerprint density at radius 1 is 1.00 bits per heavy atom. The molecule has 0 N–H and O–H groups in total. The van der Waals surface area contributed by atoms with Crippen LogP contribution in [0.2, 0.25) is 0 Å². The molecule has 0 amide bonds. The zero-order valence-corrected chi connectivity index (χ0v) is 19.2. The van der Waals surface area contributed by atoms with Crippen LogP contribution in [0.4, 0.5) is 0 Å². The molecule has 1 heterocycles. The second kappa shape index (κ2) is 10.3. The van der Waals surface area contributed by atoms with Crippen molar-refractivity contribution in [2.75, 3.05) is 6.54 Å². The van der Waals surface area contributed by atoms with Crippen LogP contribution in [0.3, 0.4) is 0 Å². The number of thioether (sulfide) groups is 1.